The van der Waals surface area contributed by atoms with Gasteiger partial charge in [-0.3, -0.25) is 4.68 Å². The van der Waals surface area contributed by atoms with Crippen LogP contribution in [0.2, 0.25) is 0 Å². The van der Waals surface area contributed by atoms with Gasteiger partial charge in [0.05, 0.1) is 54.9 Å². The Balaban J connectivity index is 1.59. The minimum Gasteiger partial charge on any atom is -0.395 e. The van der Waals surface area contributed by atoms with Gasteiger partial charge >= 0.3 is 5.13 Å². The number of anilines is 1. The van der Waals surface area contributed by atoms with Crippen molar-refractivity contribution >= 4 is 49.0 Å². The zero-order valence-electron chi connectivity index (χ0n) is 17.2. The predicted molar refractivity (Wildman–Crippen MR) is 120 cm³/mol. The van der Waals surface area contributed by atoms with E-state index in [1.807, 2.05) is 47.0 Å². The van der Waals surface area contributed by atoms with Crippen LogP contribution in [0.5, 0.6) is 0 Å². The van der Waals surface area contributed by atoms with E-state index in [0.717, 1.165) is 37.6 Å². The minimum absolute atomic E-state index is 0.0247. The lowest BCUT2D eigenvalue weighted by Crippen LogP contribution is -2.29. The Morgan fingerprint density at radius 1 is 1.03 bits per heavy atom. The quantitative estimate of drug-likeness (QED) is 0.273. The molecule has 0 saturated heterocycles. The molecule has 10 heteroatoms. The van der Waals surface area contributed by atoms with Gasteiger partial charge < -0.3 is 20.2 Å². The van der Waals surface area contributed by atoms with Crippen LogP contribution in [-0.2, 0) is 13.6 Å². The molecule has 4 aromatic rings. The molecule has 0 aliphatic carbocycles. The number of aromatic nitrogens is 3. The van der Waals surface area contributed by atoms with Gasteiger partial charge in [-0.1, -0.05) is 0 Å². The van der Waals surface area contributed by atoms with E-state index in [1.165, 1.54) is 0 Å². The molecule has 0 aliphatic rings. The van der Waals surface area contributed by atoms with Gasteiger partial charge in [-0.2, -0.15) is 5.10 Å². The van der Waals surface area contributed by atoms with Crippen molar-refractivity contribution < 1.29 is 19.9 Å². The summed E-state index contributed by atoms with van der Waals surface area (Å²) in [6.45, 7) is 1.47. The molecule has 9 nitrogen and oxygen atoms in total. The van der Waals surface area contributed by atoms with Crippen molar-refractivity contribution in [3.8, 4) is 0 Å². The minimum atomic E-state index is 0.0247. The van der Waals surface area contributed by atoms with E-state index < -0.39 is 0 Å². The van der Waals surface area contributed by atoms with Gasteiger partial charge in [-0.05, 0) is 46.8 Å². The number of nitrogens with zero attached hydrogens (tertiary/aromatic N) is 6. The zero-order valence-corrected chi connectivity index (χ0v) is 18.0. The van der Waals surface area contributed by atoms with Gasteiger partial charge in [0.2, 0.25) is 0 Å². The number of azo groups is 1. The number of thiazole rings is 1. The molecule has 4 rings (SSSR count). The number of rotatable bonds is 9. The Bertz CT molecular complexity index is 1200. The van der Waals surface area contributed by atoms with Gasteiger partial charge in [-0.15, -0.1) is 0 Å². The van der Waals surface area contributed by atoms with Crippen LogP contribution in [0.4, 0.5) is 16.5 Å². The summed E-state index contributed by atoms with van der Waals surface area (Å²) in [5, 5.41) is 42.6. The van der Waals surface area contributed by atoms with Gasteiger partial charge in [0, 0.05) is 30.2 Å². The second kappa shape index (κ2) is 9.48. The summed E-state index contributed by atoms with van der Waals surface area (Å²) in [5.74, 6) is 0. The third kappa shape index (κ3) is 4.42. The maximum atomic E-state index is 9.23. The number of hydrogen-bond donors (Lipinski definition) is 3. The Morgan fingerprint density at radius 3 is 2.45 bits per heavy atom. The zero-order chi connectivity index (χ0) is 21.8. The number of benzene rings is 2. The lowest BCUT2D eigenvalue weighted by Gasteiger charge is -2.22. The molecule has 0 radical (unpaired) electrons. The third-order valence-electron chi connectivity index (χ3n) is 5.09. The van der Waals surface area contributed by atoms with Crippen LogP contribution in [0.25, 0.3) is 21.1 Å². The molecule has 0 atom stereocenters. The highest BCUT2D eigenvalue weighted by Crippen LogP contribution is 2.31. The van der Waals surface area contributed by atoms with E-state index in [0.29, 0.717) is 19.6 Å². The van der Waals surface area contributed by atoms with E-state index in [9.17, 15) is 15.3 Å². The fraction of sp³-hybridized carbons (Fsp3) is 0.333. The lowest BCUT2D eigenvalue weighted by molar-refractivity contribution is -0.627. The molecule has 0 fully saturated rings. The summed E-state index contributed by atoms with van der Waals surface area (Å²) < 4.78 is 4.88. The summed E-state index contributed by atoms with van der Waals surface area (Å²) in [4.78, 5) is 1.91. The van der Waals surface area contributed by atoms with Crippen molar-refractivity contribution in [1.29, 1.82) is 0 Å². The Morgan fingerprint density at radius 2 is 1.77 bits per heavy atom. The van der Waals surface area contributed by atoms with Crippen molar-refractivity contribution in [3.05, 3.63) is 42.6 Å². The van der Waals surface area contributed by atoms with Crippen LogP contribution < -0.4 is 9.47 Å². The lowest BCUT2D eigenvalue weighted by atomic mass is 10.2. The highest BCUT2D eigenvalue weighted by atomic mass is 32.1. The van der Waals surface area contributed by atoms with Crippen LogP contribution >= 0.6 is 11.3 Å². The largest absolute Gasteiger partial charge is 0.409 e. The molecule has 0 amide bonds. The smallest absolute Gasteiger partial charge is 0.395 e. The number of aliphatic hydroxyl groups excluding tert-OH is 3. The molecule has 3 N–H and O–H groups in total. The highest BCUT2D eigenvalue weighted by Gasteiger charge is 2.18. The molecule has 162 valence electrons. The van der Waals surface area contributed by atoms with E-state index in [1.54, 1.807) is 16.0 Å². The number of hydrogen-bond acceptors (Lipinski definition) is 8. The summed E-state index contributed by atoms with van der Waals surface area (Å²) in [5.41, 5.74) is 3.64. The van der Waals surface area contributed by atoms with E-state index in [-0.39, 0.29) is 19.8 Å². The molecule has 0 unspecified atom stereocenters. The third-order valence-corrected chi connectivity index (χ3v) is 6.17. The van der Waals surface area contributed by atoms with Gasteiger partial charge in [0.1, 0.15) is 11.2 Å². The Labute approximate surface area is 183 Å². The standard InChI is InChI=1S/C21H25N6O3S/c1-25-19-13-18-15(14-22-27(18)8-11-30)12-20(19)31-21(25)24-23-16-2-4-17(5-3-16)26(6-9-28)7-10-29/h2-5,12-14,28-30H,6-11H2,1H3/q+1. The molecule has 2 aromatic heterocycles. The van der Waals surface area contributed by atoms with Gasteiger partial charge in [-0.25, -0.2) is 4.57 Å². The summed E-state index contributed by atoms with van der Waals surface area (Å²) >= 11 is 1.55. The number of fused-ring (bicyclic) bond motifs is 2. The summed E-state index contributed by atoms with van der Waals surface area (Å²) in [6, 6.07) is 11.7. The van der Waals surface area contributed by atoms with E-state index in [4.69, 9.17) is 0 Å². The average Bonchev–Trinajstić information content (AvgIpc) is 3.31. The van der Waals surface area contributed by atoms with Crippen LogP contribution in [-0.4, -0.2) is 58.0 Å². The van der Waals surface area contributed by atoms with E-state index >= 15 is 0 Å². The van der Waals surface area contributed by atoms with Gasteiger partial charge in [0.25, 0.3) is 0 Å². The predicted octanol–water partition coefficient (Wildman–Crippen LogP) is 2.27. The van der Waals surface area contributed by atoms with Crippen LogP contribution in [0.3, 0.4) is 0 Å². The van der Waals surface area contributed by atoms with E-state index in [2.05, 4.69) is 27.5 Å². The molecule has 0 saturated carbocycles. The molecule has 31 heavy (non-hydrogen) atoms. The first-order chi connectivity index (χ1) is 15.1. The normalized spacial score (nSPS) is 11.9. The summed E-state index contributed by atoms with van der Waals surface area (Å²) in [7, 11) is 1.95. The Hall–Kier alpha value is -2.92. The Kier molecular flexibility index (Phi) is 6.52. The monoisotopic (exact) mass is 441 g/mol. The summed E-state index contributed by atoms with van der Waals surface area (Å²) in [6.07, 6.45) is 1.81. The van der Waals surface area contributed by atoms with Crippen molar-refractivity contribution in [3.63, 3.8) is 0 Å². The molecular weight excluding hydrogens is 416 g/mol. The molecule has 2 aromatic carbocycles. The SMILES string of the molecule is C[n+]1c(N=Nc2ccc(N(CCO)CCO)cc2)sc2cc3cnn(CCO)c3cc21. The first kappa shape index (κ1) is 21.3. The maximum absolute atomic E-state index is 9.23. The molecule has 0 bridgehead atoms. The molecule has 0 aliphatic heterocycles. The number of aryl methyl sites for hydroxylation is 1. The number of aliphatic hydroxyl groups is 3. The fourth-order valence-corrected chi connectivity index (χ4v) is 4.51. The molecule has 2 heterocycles. The highest BCUT2D eigenvalue weighted by molar-refractivity contribution is 7.21. The van der Waals surface area contributed by atoms with Crippen molar-refractivity contribution in [2.24, 2.45) is 17.3 Å². The van der Waals surface area contributed by atoms with Crippen LogP contribution in [0.1, 0.15) is 0 Å². The first-order valence-corrected chi connectivity index (χ1v) is 10.8. The second-order valence-corrected chi connectivity index (χ2v) is 8.07. The van der Waals surface area contributed by atoms with Gasteiger partial charge in [0.15, 0.2) is 0 Å². The van der Waals surface area contributed by atoms with Crippen LogP contribution in [0, 0.1) is 0 Å². The van der Waals surface area contributed by atoms with Crippen molar-refractivity contribution in [2.45, 2.75) is 6.54 Å². The molecule has 0 spiro atoms. The average molecular weight is 442 g/mol. The maximum Gasteiger partial charge on any atom is 0.409 e. The first-order valence-electron chi connectivity index (χ1n) is 10.0. The fourth-order valence-electron chi connectivity index (χ4n) is 3.51. The molecular formula is C21H25N6O3S+. The second-order valence-electron chi connectivity index (χ2n) is 7.06. The topological polar surface area (TPSA) is 110 Å². The van der Waals surface area contributed by atoms with Crippen LogP contribution in [0.15, 0.2) is 52.8 Å². The van der Waals surface area contributed by atoms with Crippen molar-refractivity contribution in [2.75, 3.05) is 37.8 Å². The van der Waals surface area contributed by atoms with Crippen molar-refractivity contribution in [1.82, 2.24) is 9.78 Å².